The number of nitrogens with zero attached hydrogens (tertiary/aromatic N) is 3. The minimum absolute atomic E-state index is 0.0319. The van der Waals surface area contributed by atoms with Crippen molar-refractivity contribution in [1.29, 1.82) is 0 Å². The number of carbonyl (C=O) groups excluding carboxylic acids is 3. The minimum atomic E-state index is -1.11. The summed E-state index contributed by atoms with van der Waals surface area (Å²) in [5, 5.41) is 35.1. The molecule has 72 heavy (non-hydrogen) atoms. The van der Waals surface area contributed by atoms with Crippen molar-refractivity contribution in [3.8, 4) is 17.2 Å². The fraction of sp³-hybridized carbons (Fsp3) is 0.600. The highest BCUT2D eigenvalue weighted by atomic mass is 16.3. The summed E-state index contributed by atoms with van der Waals surface area (Å²) < 4.78 is 2.66. The molecule has 1 aromatic heterocycles. The third-order valence-corrected chi connectivity index (χ3v) is 14.1. The van der Waals surface area contributed by atoms with Gasteiger partial charge in [-0.3, -0.25) is 14.4 Å². The number of ketones is 3. The summed E-state index contributed by atoms with van der Waals surface area (Å²) in [7, 11) is 0. The van der Waals surface area contributed by atoms with Crippen molar-refractivity contribution in [3.05, 3.63) is 118 Å². The van der Waals surface area contributed by atoms with E-state index in [1.54, 1.807) is 57.2 Å². The summed E-state index contributed by atoms with van der Waals surface area (Å²) in [6.45, 7) is 38.6. The molecule has 4 aromatic rings. The number of hydrogen-bond acceptors (Lipinski definition) is 9. The quantitative estimate of drug-likeness (QED) is 0.105. The number of phenols is 3. The van der Waals surface area contributed by atoms with Gasteiger partial charge >= 0.3 is 17.1 Å². The monoisotopic (exact) mass is 994 g/mol. The first kappa shape index (κ1) is 59.0. The standard InChI is InChI=1S/C60H87N3O9/c1-22-46(64)37(34-25-40(55(4,5)6)49(67)41(26-34)56(7,8)9)31-61-52(70)62(32-38(47(65)23-2)35-27-42(57(10,11)12)50(68)43(28-35)58(13,14)15)54(72)63(53(61)71)33-39(48(66)24-3)36-29-44(59(16,17)18)51(69)45(30-36)60(19,20)21/h25-30,37-39,67-69H,22-24,31-33H2,1-21H3. The van der Waals surface area contributed by atoms with E-state index in [1.807, 2.05) is 125 Å². The van der Waals surface area contributed by atoms with Gasteiger partial charge in [-0.25, -0.2) is 28.1 Å². The molecule has 12 nitrogen and oxygen atoms in total. The van der Waals surface area contributed by atoms with E-state index in [-0.39, 0.29) is 53.9 Å². The van der Waals surface area contributed by atoms with E-state index >= 15 is 14.4 Å². The molecular weight excluding hydrogens is 907 g/mol. The second-order valence-electron chi connectivity index (χ2n) is 26.2. The molecule has 0 saturated heterocycles. The maximum absolute atomic E-state index is 15.3. The maximum atomic E-state index is 15.3. The molecule has 12 heteroatoms. The predicted molar refractivity (Wildman–Crippen MR) is 290 cm³/mol. The van der Waals surface area contributed by atoms with Crippen LogP contribution in [0.2, 0.25) is 0 Å². The maximum Gasteiger partial charge on any atom is 0.336 e. The first-order valence-corrected chi connectivity index (χ1v) is 25.8. The van der Waals surface area contributed by atoms with E-state index in [0.717, 1.165) is 13.7 Å². The van der Waals surface area contributed by atoms with E-state index in [0.29, 0.717) is 50.1 Å². The summed E-state index contributed by atoms with van der Waals surface area (Å²) in [6.07, 6.45) is 0.0956. The van der Waals surface area contributed by atoms with Gasteiger partial charge in [-0.1, -0.05) is 182 Å². The molecule has 4 rings (SSSR count). The number of rotatable bonds is 15. The Morgan fingerprint density at radius 1 is 0.361 bits per heavy atom. The van der Waals surface area contributed by atoms with Crippen LogP contribution >= 0.6 is 0 Å². The van der Waals surface area contributed by atoms with Crippen LogP contribution in [0, 0.1) is 0 Å². The van der Waals surface area contributed by atoms with Gasteiger partial charge in [-0.2, -0.15) is 0 Å². The van der Waals surface area contributed by atoms with Gasteiger partial charge in [0.25, 0.3) is 0 Å². The van der Waals surface area contributed by atoms with Crippen LogP contribution in [0.1, 0.15) is 232 Å². The molecule has 3 unspecified atom stereocenters. The predicted octanol–water partition coefficient (Wildman–Crippen LogP) is 11.4. The lowest BCUT2D eigenvalue weighted by molar-refractivity contribution is -0.121. The smallest absolute Gasteiger partial charge is 0.336 e. The lowest BCUT2D eigenvalue weighted by Gasteiger charge is -2.30. The highest BCUT2D eigenvalue weighted by Crippen LogP contribution is 2.45. The van der Waals surface area contributed by atoms with Crippen LogP contribution in [-0.2, 0) is 66.5 Å². The summed E-state index contributed by atoms with van der Waals surface area (Å²) in [5.74, 6) is -3.94. The lowest BCUT2D eigenvalue weighted by atomic mass is 9.76. The number of hydrogen-bond donors (Lipinski definition) is 3. The Kier molecular flexibility index (Phi) is 17.0. The Hall–Kier alpha value is -5.52. The second-order valence-corrected chi connectivity index (χ2v) is 26.2. The van der Waals surface area contributed by atoms with Crippen LogP contribution in [0.3, 0.4) is 0 Å². The van der Waals surface area contributed by atoms with E-state index in [1.165, 1.54) is 0 Å². The molecule has 0 saturated carbocycles. The first-order valence-electron chi connectivity index (χ1n) is 25.8. The van der Waals surface area contributed by atoms with Crippen molar-refractivity contribution in [2.45, 2.75) is 235 Å². The van der Waals surface area contributed by atoms with Crippen LogP contribution in [-0.4, -0.2) is 46.4 Å². The van der Waals surface area contributed by atoms with Gasteiger partial charge in [0.15, 0.2) is 0 Å². The third kappa shape index (κ3) is 12.4. The molecule has 3 aromatic carbocycles. The molecule has 0 spiro atoms. The highest BCUT2D eigenvalue weighted by Gasteiger charge is 2.36. The molecule has 3 atom stereocenters. The molecule has 1 heterocycles. The van der Waals surface area contributed by atoms with Crippen LogP contribution < -0.4 is 17.1 Å². The van der Waals surface area contributed by atoms with Crippen molar-refractivity contribution >= 4 is 17.3 Å². The summed E-state index contributed by atoms with van der Waals surface area (Å²) >= 11 is 0. The molecule has 0 aliphatic carbocycles. The Balaban J connectivity index is 2.24. The van der Waals surface area contributed by atoms with E-state index in [2.05, 4.69) is 0 Å². The fourth-order valence-corrected chi connectivity index (χ4v) is 9.62. The first-order chi connectivity index (χ1) is 32.6. The van der Waals surface area contributed by atoms with Crippen molar-refractivity contribution in [1.82, 2.24) is 13.7 Å². The van der Waals surface area contributed by atoms with E-state index in [4.69, 9.17) is 0 Å². The van der Waals surface area contributed by atoms with Gasteiger partial charge < -0.3 is 15.3 Å². The summed E-state index contributed by atoms with van der Waals surface area (Å²) in [4.78, 5) is 89.2. The summed E-state index contributed by atoms with van der Waals surface area (Å²) in [5.41, 5.74) is -1.71. The molecule has 0 radical (unpaired) electrons. The number of aromatic nitrogens is 3. The van der Waals surface area contributed by atoms with Crippen LogP contribution in [0.4, 0.5) is 0 Å². The molecular formula is C60H87N3O9. The average Bonchev–Trinajstić information content (AvgIpc) is 3.24. The van der Waals surface area contributed by atoms with Crippen molar-refractivity contribution in [3.63, 3.8) is 0 Å². The van der Waals surface area contributed by atoms with E-state index < -0.39 is 86.9 Å². The second kappa shape index (κ2) is 20.8. The molecule has 396 valence electrons. The van der Waals surface area contributed by atoms with Gasteiger partial charge in [0.2, 0.25) is 0 Å². The van der Waals surface area contributed by atoms with Crippen LogP contribution in [0.15, 0.2) is 50.8 Å². The largest absolute Gasteiger partial charge is 0.507 e. The minimum Gasteiger partial charge on any atom is -0.507 e. The molecule has 0 aliphatic rings. The molecule has 3 N–H and O–H groups in total. The Morgan fingerprint density at radius 3 is 0.639 bits per heavy atom. The SMILES string of the molecule is CCC(=O)C(Cn1c(=O)n(CC(C(=O)CC)c2cc(C(C)(C)C)c(O)c(C(C)(C)C)c2)c(=O)n(CC(C(=O)CC)c2cc(C(C)(C)C)c(O)c(C(C)(C)C)c2)c1=O)c1cc(C(C)(C)C)c(O)c(C(C)(C)C)c1. The fourth-order valence-electron chi connectivity index (χ4n) is 9.62. The number of carbonyl (C=O) groups is 3. The molecule has 0 amide bonds. The number of aromatic hydroxyl groups is 3. The highest BCUT2D eigenvalue weighted by molar-refractivity contribution is 5.87. The average molecular weight is 994 g/mol. The van der Waals surface area contributed by atoms with Crippen LogP contribution in [0.25, 0.3) is 0 Å². The van der Waals surface area contributed by atoms with Crippen molar-refractivity contribution in [2.24, 2.45) is 0 Å². The Morgan fingerprint density at radius 2 is 0.514 bits per heavy atom. The topological polar surface area (TPSA) is 178 Å². The van der Waals surface area contributed by atoms with Gasteiger partial charge in [0.05, 0.1) is 17.8 Å². The molecule has 0 fully saturated rings. The Bertz CT molecular complexity index is 2450. The molecule has 0 aliphatic heterocycles. The summed E-state index contributed by atoms with van der Waals surface area (Å²) in [6, 6.07) is 10.5. The van der Waals surface area contributed by atoms with Crippen molar-refractivity contribution in [2.75, 3.05) is 0 Å². The van der Waals surface area contributed by atoms with Crippen molar-refractivity contribution < 1.29 is 29.7 Å². The van der Waals surface area contributed by atoms with Gasteiger partial charge in [0, 0.05) is 38.9 Å². The zero-order valence-electron chi connectivity index (χ0n) is 47.6. The lowest BCUT2D eigenvalue weighted by Crippen LogP contribution is -2.56. The van der Waals surface area contributed by atoms with Gasteiger partial charge in [0.1, 0.15) is 34.6 Å². The van der Waals surface area contributed by atoms with Gasteiger partial charge in [-0.15, -0.1) is 0 Å². The number of phenolic OH excluding ortho intramolecular Hbond substituents is 3. The zero-order chi connectivity index (χ0) is 55.3. The number of benzene rings is 3. The van der Waals surface area contributed by atoms with Crippen LogP contribution in [0.5, 0.6) is 17.2 Å². The number of Topliss-reactive ketones (excluding diaryl/α,β-unsaturated/α-hetero) is 3. The Labute approximate surface area is 428 Å². The third-order valence-electron chi connectivity index (χ3n) is 14.1. The van der Waals surface area contributed by atoms with Gasteiger partial charge in [-0.05, 0) is 82.6 Å². The normalized spacial score (nSPS) is 14.3. The van der Waals surface area contributed by atoms with E-state index in [9.17, 15) is 29.7 Å². The zero-order valence-corrected chi connectivity index (χ0v) is 47.6. The molecule has 0 bridgehead atoms.